The first-order valence-corrected chi connectivity index (χ1v) is 8.93. The van der Waals surface area contributed by atoms with Crippen molar-refractivity contribution in [1.82, 2.24) is 0 Å². The molecule has 0 radical (unpaired) electrons. The van der Waals surface area contributed by atoms with Crippen LogP contribution in [0.2, 0.25) is 0 Å². The van der Waals surface area contributed by atoms with Gasteiger partial charge in [0.05, 0.1) is 0 Å². The van der Waals surface area contributed by atoms with Crippen LogP contribution in [0.25, 0.3) is 0 Å². The van der Waals surface area contributed by atoms with Crippen molar-refractivity contribution in [2.24, 2.45) is 0 Å². The monoisotopic (exact) mass is 386 g/mol. The highest BCUT2D eigenvalue weighted by Gasteiger charge is 2.05. The normalized spacial score (nSPS) is 10.8. The second kappa shape index (κ2) is 8.69. The fourth-order valence-corrected chi connectivity index (χ4v) is 2.78. The molecule has 4 heteroatoms. The fourth-order valence-electron chi connectivity index (χ4n) is 2.51. The summed E-state index contributed by atoms with van der Waals surface area (Å²) in [6, 6.07) is 13.7. The lowest BCUT2D eigenvalue weighted by atomic mass is 10.1. The minimum absolute atomic E-state index is 0.0209. The van der Waals surface area contributed by atoms with Crippen LogP contribution in [-0.4, -0.2) is 18.9 Å². The summed E-state index contributed by atoms with van der Waals surface area (Å²) in [5, 5.41) is 3.20. The second-order valence-corrected chi connectivity index (χ2v) is 6.44. The lowest BCUT2D eigenvalue weighted by Gasteiger charge is -2.22. The standard InChI is InChI=1S/C20H23BrN2O/c1-4-23(5-2)18-10-11-19(15(3)14-18)22-13-12-20(24)16-6-8-17(21)9-7-16/h6-14,22H,4-5H2,1-3H3. The van der Waals surface area contributed by atoms with Gasteiger partial charge in [-0.25, -0.2) is 0 Å². The SMILES string of the molecule is CCN(CC)c1ccc(NC=CC(=O)c2ccc(Br)cc2)c(C)c1. The maximum Gasteiger partial charge on any atom is 0.187 e. The summed E-state index contributed by atoms with van der Waals surface area (Å²) in [6.45, 7) is 8.36. The molecular formula is C20H23BrN2O. The highest BCUT2D eigenvalue weighted by molar-refractivity contribution is 9.10. The van der Waals surface area contributed by atoms with E-state index in [1.165, 1.54) is 5.69 Å². The van der Waals surface area contributed by atoms with Gasteiger partial charge in [0.1, 0.15) is 0 Å². The Morgan fingerprint density at radius 3 is 2.38 bits per heavy atom. The van der Waals surface area contributed by atoms with Crippen molar-refractivity contribution in [3.05, 3.63) is 70.3 Å². The number of allylic oxidation sites excluding steroid dienone is 1. The number of halogens is 1. The predicted molar refractivity (Wildman–Crippen MR) is 106 cm³/mol. The van der Waals surface area contributed by atoms with Gasteiger partial charge in [-0.2, -0.15) is 0 Å². The van der Waals surface area contributed by atoms with Gasteiger partial charge in [0.25, 0.3) is 0 Å². The lowest BCUT2D eigenvalue weighted by molar-refractivity contribution is 0.104. The highest BCUT2D eigenvalue weighted by atomic mass is 79.9. The van der Waals surface area contributed by atoms with Crippen molar-refractivity contribution in [2.45, 2.75) is 20.8 Å². The van der Waals surface area contributed by atoms with Crippen LogP contribution in [0, 0.1) is 6.92 Å². The average Bonchev–Trinajstić information content (AvgIpc) is 2.58. The smallest absolute Gasteiger partial charge is 0.187 e. The number of ketones is 1. The fraction of sp³-hybridized carbons (Fsp3) is 0.250. The first-order valence-electron chi connectivity index (χ1n) is 8.13. The Kier molecular flexibility index (Phi) is 6.62. The van der Waals surface area contributed by atoms with Crippen LogP contribution in [0.1, 0.15) is 29.8 Å². The largest absolute Gasteiger partial charge is 0.372 e. The van der Waals surface area contributed by atoms with E-state index in [1.807, 2.05) is 12.1 Å². The molecule has 0 amide bonds. The van der Waals surface area contributed by atoms with Gasteiger partial charge in [0.15, 0.2) is 5.78 Å². The summed E-state index contributed by atoms with van der Waals surface area (Å²) in [5.41, 5.74) is 4.05. The van der Waals surface area contributed by atoms with Gasteiger partial charge < -0.3 is 10.2 Å². The first-order chi connectivity index (χ1) is 11.5. The molecule has 0 fully saturated rings. The molecule has 0 bridgehead atoms. The molecule has 0 aliphatic carbocycles. The quantitative estimate of drug-likeness (QED) is 0.509. The minimum atomic E-state index is -0.0209. The molecule has 0 heterocycles. The number of carbonyl (C=O) groups is 1. The third-order valence-electron chi connectivity index (χ3n) is 3.94. The van der Waals surface area contributed by atoms with E-state index in [-0.39, 0.29) is 5.78 Å². The molecule has 1 N–H and O–H groups in total. The van der Waals surface area contributed by atoms with E-state index in [1.54, 1.807) is 24.4 Å². The van der Waals surface area contributed by atoms with Gasteiger partial charge in [0, 0.05) is 46.8 Å². The Hall–Kier alpha value is -2.07. The Morgan fingerprint density at radius 1 is 1.12 bits per heavy atom. The summed E-state index contributed by atoms with van der Waals surface area (Å²) in [6.07, 6.45) is 3.25. The number of anilines is 2. The van der Waals surface area contributed by atoms with E-state index in [0.29, 0.717) is 5.56 Å². The maximum absolute atomic E-state index is 12.1. The summed E-state index contributed by atoms with van der Waals surface area (Å²) in [7, 11) is 0. The van der Waals surface area contributed by atoms with Gasteiger partial charge in [-0.1, -0.05) is 15.9 Å². The number of carbonyl (C=O) groups excluding carboxylic acids is 1. The van der Waals surface area contributed by atoms with Crippen molar-refractivity contribution in [1.29, 1.82) is 0 Å². The van der Waals surface area contributed by atoms with Gasteiger partial charge in [-0.3, -0.25) is 4.79 Å². The Labute approximate surface area is 152 Å². The van der Waals surface area contributed by atoms with E-state index < -0.39 is 0 Å². The lowest BCUT2D eigenvalue weighted by Crippen LogP contribution is -2.21. The summed E-state index contributed by atoms with van der Waals surface area (Å²) < 4.78 is 0.963. The van der Waals surface area contributed by atoms with Crippen molar-refractivity contribution in [3.8, 4) is 0 Å². The van der Waals surface area contributed by atoms with Gasteiger partial charge in [0.2, 0.25) is 0 Å². The summed E-state index contributed by atoms with van der Waals surface area (Å²) in [5.74, 6) is -0.0209. The molecule has 0 aliphatic heterocycles. The van der Waals surface area contributed by atoms with Crippen LogP contribution >= 0.6 is 15.9 Å². The first kappa shape index (κ1) is 18.3. The molecule has 0 aliphatic rings. The predicted octanol–water partition coefficient (Wildman–Crippen LogP) is 5.41. The van der Waals surface area contributed by atoms with E-state index in [4.69, 9.17) is 0 Å². The molecule has 2 aromatic rings. The van der Waals surface area contributed by atoms with E-state index in [0.717, 1.165) is 28.8 Å². The van der Waals surface area contributed by atoms with Crippen LogP contribution in [0.5, 0.6) is 0 Å². The molecule has 0 unspecified atom stereocenters. The van der Waals surface area contributed by atoms with Crippen molar-refractivity contribution >= 4 is 33.1 Å². The van der Waals surface area contributed by atoms with E-state index >= 15 is 0 Å². The van der Waals surface area contributed by atoms with Crippen LogP contribution in [0.4, 0.5) is 11.4 Å². The number of hydrogen-bond donors (Lipinski definition) is 1. The number of rotatable bonds is 7. The minimum Gasteiger partial charge on any atom is -0.372 e. The van der Waals surface area contributed by atoms with Gasteiger partial charge >= 0.3 is 0 Å². The molecule has 126 valence electrons. The molecule has 2 rings (SSSR count). The molecule has 2 aromatic carbocycles. The number of nitrogens with zero attached hydrogens (tertiary/aromatic N) is 1. The Balaban J connectivity index is 2.03. The zero-order valence-corrected chi connectivity index (χ0v) is 15.9. The molecule has 0 aromatic heterocycles. The number of benzene rings is 2. The Morgan fingerprint density at radius 2 is 1.79 bits per heavy atom. The average molecular weight is 387 g/mol. The van der Waals surface area contributed by atoms with Crippen molar-refractivity contribution in [2.75, 3.05) is 23.3 Å². The van der Waals surface area contributed by atoms with Crippen molar-refractivity contribution < 1.29 is 4.79 Å². The molecular weight excluding hydrogens is 364 g/mol. The van der Waals surface area contributed by atoms with Crippen molar-refractivity contribution in [3.63, 3.8) is 0 Å². The van der Waals surface area contributed by atoms with Crippen LogP contribution in [-0.2, 0) is 0 Å². The Bertz CT molecular complexity index is 719. The molecule has 0 saturated heterocycles. The number of aryl methyl sites for hydroxylation is 1. The molecule has 0 atom stereocenters. The van der Waals surface area contributed by atoms with E-state index in [2.05, 4.69) is 65.1 Å². The molecule has 0 spiro atoms. The second-order valence-electron chi connectivity index (χ2n) is 5.52. The third-order valence-corrected chi connectivity index (χ3v) is 4.47. The zero-order chi connectivity index (χ0) is 17.5. The number of hydrogen-bond acceptors (Lipinski definition) is 3. The molecule has 0 saturated carbocycles. The summed E-state index contributed by atoms with van der Waals surface area (Å²) in [4.78, 5) is 14.4. The summed E-state index contributed by atoms with van der Waals surface area (Å²) >= 11 is 3.37. The zero-order valence-electron chi connectivity index (χ0n) is 14.3. The molecule has 3 nitrogen and oxygen atoms in total. The van der Waals surface area contributed by atoms with Gasteiger partial charge in [-0.05, 0) is 68.8 Å². The van der Waals surface area contributed by atoms with Crippen LogP contribution < -0.4 is 10.2 Å². The highest BCUT2D eigenvalue weighted by Crippen LogP contribution is 2.22. The van der Waals surface area contributed by atoms with Crippen LogP contribution in [0.3, 0.4) is 0 Å². The van der Waals surface area contributed by atoms with Crippen LogP contribution in [0.15, 0.2) is 59.2 Å². The maximum atomic E-state index is 12.1. The topological polar surface area (TPSA) is 32.3 Å². The van der Waals surface area contributed by atoms with Gasteiger partial charge in [-0.15, -0.1) is 0 Å². The van der Waals surface area contributed by atoms with E-state index in [9.17, 15) is 4.79 Å². The third kappa shape index (κ3) is 4.71. The number of nitrogens with one attached hydrogen (secondary N) is 1. The molecule has 24 heavy (non-hydrogen) atoms.